The molecule has 0 radical (unpaired) electrons. The van der Waals surface area contributed by atoms with Gasteiger partial charge in [0, 0.05) is 12.1 Å². The molecule has 1 heterocycles. The van der Waals surface area contributed by atoms with E-state index in [1.807, 2.05) is 49.4 Å². The van der Waals surface area contributed by atoms with E-state index in [9.17, 15) is 4.79 Å². The van der Waals surface area contributed by atoms with Crippen molar-refractivity contribution in [2.45, 2.75) is 38.8 Å². The van der Waals surface area contributed by atoms with Gasteiger partial charge in [0.15, 0.2) is 6.10 Å². The van der Waals surface area contributed by atoms with Gasteiger partial charge in [-0.25, -0.2) is 0 Å². The highest BCUT2D eigenvalue weighted by atomic mass is 16.5. The fraction of sp³-hybridized carbons (Fsp3) is 0.435. The van der Waals surface area contributed by atoms with Gasteiger partial charge in [0.1, 0.15) is 11.5 Å². The number of nitrogens with one attached hydrogen (secondary N) is 1. The smallest absolute Gasteiger partial charge is 0.260 e. The number of nitrogens with zero attached hydrogens (tertiary/aromatic N) is 1. The van der Waals surface area contributed by atoms with Gasteiger partial charge in [0.05, 0.1) is 13.2 Å². The molecule has 0 aromatic heterocycles. The summed E-state index contributed by atoms with van der Waals surface area (Å²) in [4.78, 5) is 15.1. The molecule has 3 rings (SSSR count). The number of amides is 1. The molecule has 2 aromatic rings. The quantitative estimate of drug-likeness (QED) is 0.756. The van der Waals surface area contributed by atoms with Gasteiger partial charge in [-0.05, 0) is 63.5 Å². The molecular weight excluding hydrogens is 352 g/mol. The van der Waals surface area contributed by atoms with Crippen LogP contribution in [0.15, 0.2) is 48.5 Å². The molecule has 1 N–H and O–H groups in total. The maximum absolute atomic E-state index is 12.7. The number of carbonyl (C=O) groups is 1. The highest BCUT2D eigenvalue weighted by Gasteiger charge is 2.27. The Kier molecular flexibility index (Phi) is 6.93. The first-order chi connectivity index (χ1) is 13.6. The minimum Gasteiger partial charge on any atom is -0.496 e. The van der Waals surface area contributed by atoms with Crippen LogP contribution in [0, 0.1) is 6.92 Å². The Morgan fingerprint density at radius 2 is 1.89 bits per heavy atom. The zero-order valence-electron chi connectivity index (χ0n) is 17.0. The van der Waals surface area contributed by atoms with Gasteiger partial charge in [0.25, 0.3) is 5.91 Å². The number of ether oxygens (including phenoxy) is 2. The highest BCUT2D eigenvalue weighted by Crippen LogP contribution is 2.31. The summed E-state index contributed by atoms with van der Waals surface area (Å²) in [6, 6.07) is 15.9. The molecule has 2 atom stereocenters. The summed E-state index contributed by atoms with van der Waals surface area (Å²) in [7, 11) is 1.69. The number of aryl methyl sites for hydroxylation is 1. The van der Waals surface area contributed by atoms with Crippen LogP contribution in [0.3, 0.4) is 0 Å². The third-order valence-electron chi connectivity index (χ3n) is 5.22. The molecule has 1 aliphatic heterocycles. The lowest BCUT2D eigenvalue weighted by atomic mass is 10.0. The molecule has 28 heavy (non-hydrogen) atoms. The molecule has 2 aromatic carbocycles. The van der Waals surface area contributed by atoms with Crippen LogP contribution in [-0.2, 0) is 4.79 Å². The maximum Gasteiger partial charge on any atom is 0.260 e. The summed E-state index contributed by atoms with van der Waals surface area (Å²) in [5, 5.41) is 3.08. The van der Waals surface area contributed by atoms with Crippen molar-refractivity contribution in [3.05, 3.63) is 59.7 Å². The van der Waals surface area contributed by atoms with Crippen molar-refractivity contribution in [2.75, 3.05) is 26.7 Å². The zero-order valence-corrected chi connectivity index (χ0v) is 17.0. The number of methoxy groups -OCH3 is 1. The standard InChI is InChI=1S/C23H30N2O3/c1-17-9-8-10-19(15-17)28-18(2)23(26)24-16-21(25-13-6-7-14-25)20-11-4-5-12-22(20)27-3/h4-5,8-12,15,18,21H,6-7,13-14,16H2,1-3H3,(H,24,26). The number of rotatable bonds is 8. The normalized spacial score (nSPS) is 16.4. The monoisotopic (exact) mass is 382 g/mol. The van der Waals surface area contributed by atoms with Gasteiger partial charge in [-0.3, -0.25) is 9.69 Å². The summed E-state index contributed by atoms with van der Waals surface area (Å²) in [6.45, 7) is 6.39. The molecule has 0 aliphatic carbocycles. The Labute approximate surface area is 167 Å². The Morgan fingerprint density at radius 1 is 1.14 bits per heavy atom. The lowest BCUT2D eigenvalue weighted by Gasteiger charge is -2.29. The van der Waals surface area contributed by atoms with Gasteiger partial charge in [0.2, 0.25) is 0 Å². The Bertz CT molecular complexity index is 787. The molecule has 1 saturated heterocycles. The van der Waals surface area contributed by atoms with Crippen LogP contribution in [-0.4, -0.2) is 43.7 Å². The summed E-state index contributed by atoms with van der Waals surface area (Å²) in [6.07, 6.45) is 1.82. The van der Waals surface area contributed by atoms with Gasteiger partial charge in [-0.15, -0.1) is 0 Å². The van der Waals surface area contributed by atoms with Gasteiger partial charge < -0.3 is 14.8 Å². The topological polar surface area (TPSA) is 50.8 Å². The molecule has 0 bridgehead atoms. The number of para-hydroxylation sites is 1. The molecule has 0 spiro atoms. The van der Waals surface area contributed by atoms with Crippen LogP contribution >= 0.6 is 0 Å². The number of likely N-dealkylation sites (tertiary alicyclic amines) is 1. The van der Waals surface area contributed by atoms with E-state index in [1.165, 1.54) is 12.8 Å². The first kappa shape index (κ1) is 20.2. The summed E-state index contributed by atoms with van der Waals surface area (Å²) in [5.74, 6) is 1.46. The first-order valence-electron chi connectivity index (χ1n) is 9.96. The van der Waals surface area contributed by atoms with Crippen LogP contribution in [0.1, 0.15) is 36.9 Å². The van der Waals surface area contributed by atoms with E-state index < -0.39 is 6.10 Å². The average Bonchev–Trinajstić information content (AvgIpc) is 3.23. The third-order valence-corrected chi connectivity index (χ3v) is 5.22. The van der Waals surface area contributed by atoms with E-state index in [4.69, 9.17) is 9.47 Å². The van der Waals surface area contributed by atoms with Crippen molar-refractivity contribution < 1.29 is 14.3 Å². The average molecular weight is 383 g/mol. The molecule has 5 heteroatoms. The molecule has 150 valence electrons. The van der Waals surface area contributed by atoms with Crippen molar-refractivity contribution in [1.82, 2.24) is 10.2 Å². The van der Waals surface area contributed by atoms with E-state index in [2.05, 4.69) is 16.3 Å². The van der Waals surface area contributed by atoms with Crippen molar-refractivity contribution in [1.29, 1.82) is 0 Å². The minimum absolute atomic E-state index is 0.0915. The maximum atomic E-state index is 12.7. The van der Waals surface area contributed by atoms with E-state index in [0.29, 0.717) is 12.3 Å². The molecular formula is C23H30N2O3. The Morgan fingerprint density at radius 3 is 2.61 bits per heavy atom. The minimum atomic E-state index is -0.557. The lowest BCUT2D eigenvalue weighted by Crippen LogP contribution is -2.42. The Balaban J connectivity index is 1.66. The number of hydrogen-bond acceptors (Lipinski definition) is 4. The fourth-order valence-electron chi connectivity index (χ4n) is 3.72. The molecule has 5 nitrogen and oxygen atoms in total. The van der Waals surface area contributed by atoms with Crippen molar-refractivity contribution in [3.63, 3.8) is 0 Å². The summed E-state index contributed by atoms with van der Waals surface area (Å²) in [5.41, 5.74) is 2.22. The predicted molar refractivity (Wildman–Crippen MR) is 111 cm³/mol. The second-order valence-corrected chi connectivity index (χ2v) is 7.32. The van der Waals surface area contributed by atoms with Crippen molar-refractivity contribution >= 4 is 5.91 Å². The van der Waals surface area contributed by atoms with Crippen LogP contribution < -0.4 is 14.8 Å². The Hall–Kier alpha value is -2.53. The van der Waals surface area contributed by atoms with E-state index in [-0.39, 0.29) is 11.9 Å². The third kappa shape index (κ3) is 5.04. The molecule has 0 saturated carbocycles. The van der Waals surface area contributed by atoms with Gasteiger partial charge in [-0.2, -0.15) is 0 Å². The van der Waals surface area contributed by atoms with E-state index >= 15 is 0 Å². The van der Waals surface area contributed by atoms with Crippen LogP contribution in [0.2, 0.25) is 0 Å². The molecule has 1 fully saturated rings. The second kappa shape index (κ2) is 9.60. The largest absolute Gasteiger partial charge is 0.496 e. The van der Waals surface area contributed by atoms with E-state index in [0.717, 1.165) is 30.0 Å². The molecule has 2 unspecified atom stereocenters. The van der Waals surface area contributed by atoms with Gasteiger partial charge in [-0.1, -0.05) is 30.3 Å². The van der Waals surface area contributed by atoms with Crippen molar-refractivity contribution in [3.8, 4) is 11.5 Å². The van der Waals surface area contributed by atoms with E-state index in [1.54, 1.807) is 14.0 Å². The number of carbonyl (C=O) groups excluding carboxylic acids is 1. The molecule has 1 amide bonds. The van der Waals surface area contributed by atoms with Gasteiger partial charge >= 0.3 is 0 Å². The molecule has 1 aliphatic rings. The van der Waals surface area contributed by atoms with Crippen LogP contribution in [0.4, 0.5) is 0 Å². The predicted octanol–water partition coefficient (Wildman–Crippen LogP) is 3.72. The summed E-state index contributed by atoms with van der Waals surface area (Å²) < 4.78 is 11.4. The highest BCUT2D eigenvalue weighted by molar-refractivity contribution is 5.80. The first-order valence-corrected chi connectivity index (χ1v) is 9.96. The van der Waals surface area contributed by atoms with Crippen molar-refractivity contribution in [2.24, 2.45) is 0 Å². The van der Waals surface area contributed by atoms with Crippen LogP contribution in [0.25, 0.3) is 0 Å². The summed E-state index contributed by atoms with van der Waals surface area (Å²) >= 11 is 0. The number of benzene rings is 2. The van der Waals surface area contributed by atoms with Crippen LogP contribution in [0.5, 0.6) is 11.5 Å². The zero-order chi connectivity index (χ0) is 19.9. The second-order valence-electron chi connectivity index (χ2n) is 7.32. The SMILES string of the molecule is COc1ccccc1C(CNC(=O)C(C)Oc1cccc(C)c1)N1CCCC1. The lowest BCUT2D eigenvalue weighted by molar-refractivity contribution is -0.127. The number of hydrogen-bond donors (Lipinski definition) is 1. The fourth-order valence-corrected chi connectivity index (χ4v) is 3.72.